The molecule has 0 radical (unpaired) electrons. The number of rotatable bonds is 9. The third-order valence-electron chi connectivity index (χ3n) is 5.12. The summed E-state index contributed by atoms with van der Waals surface area (Å²) in [6.07, 6.45) is 3.15. The van der Waals surface area contributed by atoms with Gasteiger partial charge in [0.2, 0.25) is 5.78 Å². The number of aromatic amines is 1. The zero-order valence-electron chi connectivity index (χ0n) is 18.7. The number of ketones is 1. The molecule has 1 atom stereocenters. The highest BCUT2D eigenvalue weighted by atomic mass is 16.5. The maximum absolute atomic E-state index is 12.8. The minimum atomic E-state index is -0.985. The summed E-state index contributed by atoms with van der Waals surface area (Å²) in [4.78, 5) is 40.2. The Morgan fingerprint density at radius 2 is 1.88 bits per heavy atom. The van der Waals surface area contributed by atoms with Gasteiger partial charge in [-0.2, -0.15) is 5.10 Å². The molecule has 168 valence electrons. The molecule has 0 amide bonds. The summed E-state index contributed by atoms with van der Waals surface area (Å²) in [5, 5.41) is 4.31. The fourth-order valence-electron chi connectivity index (χ4n) is 3.48. The van der Waals surface area contributed by atoms with Crippen molar-refractivity contribution in [2.24, 2.45) is 0 Å². The molecule has 8 nitrogen and oxygen atoms in total. The van der Waals surface area contributed by atoms with Gasteiger partial charge >= 0.3 is 11.9 Å². The van der Waals surface area contributed by atoms with Crippen LogP contribution in [0.3, 0.4) is 0 Å². The Morgan fingerprint density at radius 3 is 2.56 bits per heavy atom. The number of hydrogen-bond donors (Lipinski definition) is 1. The first kappa shape index (κ1) is 23.0. The van der Waals surface area contributed by atoms with Crippen molar-refractivity contribution in [1.29, 1.82) is 0 Å². The summed E-state index contributed by atoms with van der Waals surface area (Å²) >= 11 is 0. The van der Waals surface area contributed by atoms with Gasteiger partial charge in [0.1, 0.15) is 0 Å². The van der Waals surface area contributed by atoms with E-state index in [0.717, 1.165) is 11.3 Å². The number of benzene rings is 1. The maximum atomic E-state index is 12.8. The van der Waals surface area contributed by atoms with Crippen LogP contribution in [0.4, 0.5) is 0 Å². The number of esters is 2. The van der Waals surface area contributed by atoms with E-state index in [1.54, 1.807) is 31.6 Å². The first-order chi connectivity index (χ1) is 15.3. The summed E-state index contributed by atoms with van der Waals surface area (Å²) in [6.45, 7) is 6.84. The Bertz CT molecular complexity index is 1110. The van der Waals surface area contributed by atoms with Gasteiger partial charge < -0.3 is 14.5 Å². The van der Waals surface area contributed by atoms with Crippen LogP contribution in [0.1, 0.15) is 57.9 Å². The third kappa shape index (κ3) is 5.14. The highest BCUT2D eigenvalue weighted by Crippen LogP contribution is 2.21. The zero-order chi connectivity index (χ0) is 23.3. The molecule has 0 aliphatic carbocycles. The second-order valence-electron chi connectivity index (χ2n) is 7.47. The fourth-order valence-corrected chi connectivity index (χ4v) is 3.48. The summed E-state index contributed by atoms with van der Waals surface area (Å²) < 4.78 is 12.1. The van der Waals surface area contributed by atoms with Gasteiger partial charge in [-0.25, -0.2) is 9.48 Å². The van der Waals surface area contributed by atoms with Crippen LogP contribution in [0.25, 0.3) is 5.69 Å². The number of Topliss-reactive ketones (excluding diaryl/α,β-unsaturated/α-hetero) is 1. The molecule has 1 unspecified atom stereocenters. The van der Waals surface area contributed by atoms with Crippen molar-refractivity contribution in [3.05, 3.63) is 70.8 Å². The number of H-pyrrole nitrogens is 1. The fraction of sp³-hybridized carbons (Fsp3) is 0.333. The van der Waals surface area contributed by atoms with Crippen LogP contribution in [-0.4, -0.2) is 45.2 Å². The highest BCUT2D eigenvalue weighted by Gasteiger charge is 2.27. The van der Waals surface area contributed by atoms with Crippen molar-refractivity contribution in [3.63, 3.8) is 0 Å². The third-order valence-corrected chi connectivity index (χ3v) is 5.12. The van der Waals surface area contributed by atoms with Crippen molar-refractivity contribution in [3.8, 4) is 5.69 Å². The number of hydrogen-bond acceptors (Lipinski definition) is 6. The van der Waals surface area contributed by atoms with E-state index in [4.69, 9.17) is 9.47 Å². The van der Waals surface area contributed by atoms with E-state index in [-0.39, 0.29) is 18.7 Å². The van der Waals surface area contributed by atoms with Crippen LogP contribution < -0.4 is 0 Å². The molecule has 1 aromatic carbocycles. The molecule has 0 aliphatic heterocycles. The summed E-state index contributed by atoms with van der Waals surface area (Å²) in [5.74, 6) is -1.37. The first-order valence-corrected chi connectivity index (χ1v) is 10.5. The second kappa shape index (κ2) is 10.1. The van der Waals surface area contributed by atoms with Crippen LogP contribution >= 0.6 is 0 Å². The minimum absolute atomic E-state index is 0.120. The van der Waals surface area contributed by atoms with Gasteiger partial charge in [0, 0.05) is 18.3 Å². The normalized spacial score (nSPS) is 11.8. The van der Waals surface area contributed by atoms with Gasteiger partial charge in [-0.15, -0.1) is 0 Å². The quantitative estimate of drug-likeness (QED) is 0.404. The predicted molar refractivity (Wildman–Crippen MR) is 118 cm³/mol. The number of ether oxygens (including phenoxy) is 2. The lowest BCUT2D eigenvalue weighted by molar-refractivity contribution is -0.146. The highest BCUT2D eigenvalue weighted by molar-refractivity contribution is 6.03. The van der Waals surface area contributed by atoms with Crippen molar-refractivity contribution in [1.82, 2.24) is 14.8 Å². The average molecular weight is 437 g/mol. The van der Waals surface area contributed by atoms with E-state index in [9.17, 15) is 14.4 Å². The molecule has 32 heavy (non-hydrogen) atoms. The lowest BCUT2D eigenvalue weighted by Gasteiger charge is -2.12. The number of para-hydroxylation sites is 1. The van der Waals surface area contributed by atoms with E-state index < -0.39 is 23.8 Å². The largest absolute Gasteiger partial charge is 0.462 e. The molecule has 0 bridgehead atoms. The van der Waals surface area contributed by atoms with Crippen LogP contribution in [0.15, 0.2) is 42.7 Å². The molecule has 0 aliphatic rings. The minimum Gasteiger partial charge on any atom is -0.462 e. The van der Waals surface area contributed by atoms with Crippen LogP contribution in [0.5, 0.6) is 0 Å². The topological polar surface area (TPSA) is 103 Å². The van der Waals surface area contributed by atoms with Gasteiger partial charge in [0.05, 0.1) is 29.7 Å². The molecule has 0 spiro atoms. The molecule has 3 rings (SSSR count). The van der Waals surface area contributed by atoms with Gasteiger partial charge in [0.15, 0.2) is 6.10 Å². The van der Waals surface area contributed by atoms with E-state index in [1.165, 1.54) is 6.92 Å². The smallest absolute Gasteiger partial charge is 0.340 e. The maximum Gasteiger partial charge on any atom is 0.340 e. The van der Waals surface area contributed by atoms with Crippen molar-refractivity contribution in [2.45, 2.75) is 46.6 Å². The second-order valence-corrected chi connectivity index (χ2v) is 7.47. The molecule has 2 aromatic heterocycles. The lowest BCUT2D eigenvalue weighted by atomic mass is 10.1. The van der Waals surface area contributed by atoms with Crippen molar-refractivity contribution < 1.29 is 23.9 Å². The molecule has 3 aromatic rings. The number of nitrogens with zero attached hydrogens (tertiary/aromatic N) is 2. The summed E-state index contributed by atoms with van der Waals surface area (Å²) in [6, 6.07) is 9.66. The van der Waals surface area contributed by atoms with E-state index in [0.29, 0.717) is 23.2 Å². The Labute approximate surface area is 186 Å². The molecular formula is C24H27N3O5. The summed E-state index contributed by atoms with van der Waals surface area (Å²) in [7, 11) is 0. The molecule has 0 saturated carbocycles. The molecule has 0 fully saturated rings. The molecule has 2 heterocycles. The van der Waals surface area contributed by atoms with Gasteiger partial charge in [0.25, 0.3) is 0 Å². The molecule has 8 heteroatoms. The Hall–Kier alpha value is -3.68. The monoisotopic (exact) mass is 437 g/mol. The number of nitrogens with one attached hydrogen (secondary N) is 1. The van der Waals surface area contributed by atoms with E-state index in [2.05, 4.69) is 10.1 Å². The average Bonchev–Trinajstić information content (AvgIpc) is 3.36. The number of carbonyl (C=O) groups excluding carboxylic acids is 3. The van der Waals surface area contributed by atoms with E-state index >= 15 is 0 Å². The van der Waals surface area contributed by atoms with Crippen LogP contribution in [0.2, 0.25) is 0 Å². The lowest BCUT2D eigenvalue weighted by Crippen LogP contribution is -2.25. The Morgan fingerprint density at radius 1 is 1.16 bits per heavy atom. The SMILES string of the molecule is CCOC(=O)c1c(C)[nH]c(C(=O)C(C)OC(=O)CCc2cnn(-c3ccccc3)c2)c1C. The molecule has 1 N–H and O–H groups in total. The number of aryl methyl sites for hydroxylation is 2. The van der Waals surface area contributed by atoms with Gasteiger partial charge in [-0.3, -0.25) is 9.59 Å². The van der Waals surface area contributed by atoms with Gasteiger partial charge in [-0.1, -0.05) is 18.2 Å². The Kier molecular flexibility index (Phi) is 7.25. The Balaban J connectivity index is 1.58. The standard InChI is InChI=1S/C24H27N3O5/c1-5-31-24(30)21-15(2)22(26-16(21)3)23(29)17(4)32-20(28)12-11-18-13-25-27(14-18)19-9-7-6-8-10-19/h6-10,13-14,17,26H,5,11-12H2,1-4H3. The summed E-state index contributed by atoms with van der Waals surface area (Å²) in [5.41, 5.74) is 3.43. The first-order valence-electron chi connectivity index (χ1n) is 10.5. The number of aromatic nitrogens is 3. The van der Waals surface area contributed by atoms with Crippen LogP contribution in [0, 0.1) is 13.8 Å². The predicted octanol–water partition coefficient (Wildman–Crippen LogP) is 3.74. The van der Waals surface area contributed by atoms with Crippen molar-refractivity contribution >= 4 is 17.7 Å². The van der Waals surface area contributed by atoms with E-state index in [1.807, 2.05) is 36.5 Å². The molecule has 0 saturated heterocycles. The number of carbonyl (C=O) groups is 3. The van der Waals surface area contributed by atoms with Crippen LogP contribution in [-0.2, 0) is 20.7 Å². The zero-order valence-corrected chi connectivity index (χ0v) is 18.7. The molecular weight excluding hydrogens is 410 g/mol. The van der Waals surface area contributed by atoms with Gasteiger partial charge in [-0.05, 0) is 57.4 Å². The van der Waals surface area contributed by atoms with Crippen molar-refractivity contribution in [2.75, 3.05) is 6.61 Å².